The third-order valence-corrected chi connectivity index (χ3v) is 3.48. The third-order valence-electron chi connectivity index (χ3n) is 3.23. The maximum absolute atomic E-state index is 5.88. The van der Waals surface area contributed by atoms with Crippen molar-refractivity contribution in [3.05, 3.63) is 65.0 Å². The first kappa shape index (κ1) is 13.6. The number of benzene rings is 2. The normalized spacial score (nSPS) is 10.6. The van der Waals surface area contributed by atoms with Crippen LogP contribution in [-0.2, 0) is 6.54 Å². The van der Waals surface area contributed by atoms with Crippen LogP contribution in [0.2, 0.25) is 5.02 Å². The summed E-state index contributed by atoms with van der Waals surface area (Å²) >= 11 is 5.88. The van der Waals surface area contributed by atoms with E-state index in [0.29, 0.717) is 5.89 Å². The van der Waals surface area contributed by atoms with Gasteiger partial charge in [0.25, 0.3) is 0 Å². The highest BCUT2D eigenvalue weighted by Gasteiger charge is 2.06. The fourth-order valence-corrected chi connectivity index (χ4v) is 2.22. The molecule has 0 amide bonds. The zero-order chi connectivity index (χ0) is 14.7. The number of aryl methyl sites for hydroxylation is 1. The van der Waals surface area contributed by atoms with E-state index in [0.717, 1.165) is 28.4 Å². The van der Waals surface area contributed by atoms with E-state index in [1.54, 1.807) is 0 Å². The van der Waals surface area contributed by atoms with Gasteiger partial charge in [-0.3, -0.25) is 0 Å². The van der Waals surface area contributed by atoms with Crippen LogP contribution in [0.15, 0.2) is 53.3 Å². The standard InChI is InChI=1S/C16H14ClN3O/c1-11-8-13(16-20-19-10-21-16)4-7-15(11)18-9-12-2-5-14(17)6-3-12/h2-8,10,18H,9H2,1H3. The predicted octanol–water partition coefficient (Wildman–Crippen LogP) is 4.31. The first-order valence-electron chi connectivity index (χ1n) is 6.58. The Morgan fingerprint density at radius 2 is 1.95 bits per heavy atom. The summed E-state index contributed by atoms with van der Waals surface area (Å²) in [6, 6.07) is 13.8. The number of hydrogen-bond acceptors (Lipinski definition) is 4. The lowest BCUT2D eigenvalue weighted by molar-refractivity contribution is 0.568. The summed E-state index contributed by atoms with van der Waals surface area (Å²) in [6.07, 6.45) is 1.33. The van der Waals surface area contributed by atoms with Crippen molar-refractivity contribution in [1.82, 2.24) is 10.2 Å². The Morgan fingerprint density at radius 3 is 2.62 bits per heavy atom. The van der Waals surface area contributed by atoms with Crippen LogP contribution in [0, 0.1) is 6.92 Å². The first-order chi connectivity index (χ1) is 10.2. The molecule has 1 aromatic heterocycles. The lowest BCUT2D eigenvalue weighted by atomic mass is 10.1. The Hall–Kier alpha value is -2.33. The summed E-state index contributed by atoms with van der Waals surface area (Å²) in [6.45, 7) is 2.79. The summed E-state index contributed by atoms with van der Waals surface area (Å²) in [7, 11) is 0. The molecule has 0 atom stereocenters. The highest BCUT2D eigenvalue weighted by Crippen LogP contribution is 2.23. The van der Waals surface area contributed by atoms with Crippen molar-refractivity contribution in [3.63, 3.8) is 0 Å². The maximum Gasteiger partial charge on any atom is 0.247 e. The maximum atomic E-state index is 5.88. The second kappa shape index (κ2) is 5.97. The quantitative estimate of drug-likeness (QED) is 0.780. The second-order valence-corrected chi connectivity index (χ2v) is 5.19. The lowest BCUT2D eigenvalue weighted by Gasteiger charge is -2.10. The molecule has 0 saturated heterocycles. The van der Waals surface area contributed by atoms with E-state index in [1.807, 2.05) is 49.4 Å². The van der Waals surface area contributed by atoms with Gasteiger partial charge >= 0.3 is 0 Å². The number of nitrogens with one attached hydrogen (secondary N) is 1. The molecule has 0 fully saturated rings. The number of aromatic nitrogens is 2. The Labute approximate surface area is 127 Å². The van der Waals surface area contributed by atoms with Gasteiger partial charge in [0.15, 0.2) is 0 Å². The molecule has 1 N–H and O–H groups in total. The molecule has 21 heavy (non-hydrogen) atoms. The van der Waals surface area contributed by atoms with E-state index < -0.39 is 0 Å². The summed E-state index contributed by atoms with van der Waals surface area (Å²) in [5.74, 6) is 0.530. The average Bonchev–Trinajstić information content (AvgIpc) is 3.02. The van der Waals surface area contributed by atoms with Gasteiger partial charge in [-0.15, -0.1) is 10.2 Å². The molecule has 4 nitrogen and oxygen atoms in total. The van der Waals surface area contributed by atoms with Crippen molar-refractivity contribution in [3.8, 4) is 11.5 Å². The fraction of sp³-hybridized carbons (Fsp3) is 0.125. The van der Waals surface area contributed by atoms with E-state index in [9.17, 15) is 0 Å². The highest BCUT2D eigenvalue weighted by atomic mass is 35.5. The monoisotopic (exact) mass is 299 g/mol. The molecule has 106 valence electrons. The van der Waals surface area contributed by atoms with Crippen molar-refractivity contribution < 1.29 is 4.42 Å². The Kier molecular flexibility index (Phi) is 3.88. The Bertz CT molecular complexity index is 724. The van der Waals surface area contributed by atoms with Crippen molar-refractivity contribution >= 4 is 17.3 Å². The van der Waals surface area contributed by atoms with Gasteiger partial charge < -0.3 is 9.73 Å². The molecule has 0 aliphatic rings. The van der Waals surface area contributed by atoms with Crippen LogP contribution < -0.4 is 5.32 Å². The third kappa shape index (κ3) is 3.23. The van der Waals surface area contributed by atoms with Gasteiger partial charge in [-0.1, -0.05) is 23.7 Å². The van der Waals surface area contributed by atoms with Gasteiger partial charge in [0.1, 0.15) is 0 Å². The van der Waals surface area contributed by atoms with Crippen LogP contribution in [0.1, 0.15) is 11.1 Å². The fourth-order valence-electron chi connectivity index (χ4n) is 2.09. The molecule has 0 saturated carbocycles. The molecule has 1 heterocycles. The number of halogens is 1. The van der Waals surface area contributed by atoms with Gasteiger partial charge in [-0.2, -0.15) is 0 Å². The molecule has 5 heteroatoms. The molecular weight excluding hydrogens is 286 g/mol. The first-order valence-corrected chi connectivity index (χ1v) is 6.96. The van der Waals surface area contributed by atoms with Crippen molar-refractivity contribution in [2.45, 2.75) is 13.5 Å². The van der Waals surface area contributed by atoms with Crippen molar-refractivity contribution in [1.29, 1.82) is 0 Å². The summed E-state index contributed by atoms with van der Waals surface area (Å²) < 4.78 is 5.20. The molecule has 0 radical (unpaired) electrons. The van der Waals surface area contributed by atoms with Crippen LogP contribution in [0.25, 0.3) is 11.5 Å². The summed E-state index contributed by atoms with van der Waals surface area (Å²) in [5.41, 5.74) is 4.30. The minimum atomic E-state index is 0.530. The Balaban J connectivity index is 1.73. The number of rotatable bonds is 4. The van der Waals surface area contributed by atoms with E-state index in [1.165, 1.54) is 12.0 Å². The van der Waals surface area contributed by atoms with Gasteiger partial charge in [0, 0.05) is 22.8 Å². The second-order valence-electron chi connectivity index (χ2n) is 4.75. The zero-order valence-corrected chi connectivity index (χ0v) is 12.3. The summed E-state index contributed by atoms with van der Waals surface area (Å²) in [4.78, 5) is 0. The largest absolute Gasteiger partial charge is 0.423 e. The van der Waals surface area contributed by atoms with Gasteiger partial charge in [-0.05, 0) is 48.4 Å². The Morgan fingerprint density at radius 1 is 1.14 bits per heavy atom. The molecule has 0 aliphatic carbocycles. The molecule has 0 aliphatic heterocycles. The van der Waals surface area contributed by atoms with E-state index in [-0.39, 0.29) is 0 Å². The van der Waals surface area contributed by atoms with Crippen LogP contribution in [0.3, 0.4) is 0 Å². The minimum Gasteiger partial charge on any atom is -0.423 e. The number of hydrogen-bond donors (Lipinski definition) is 1. The molecule has 0 bridgehead atoms. The topological polar surface area (TPSA) is 51.0 Å². The van der Waals surface area contributed by atoms with Crippen molar-refractivity contribution in [2.75, 3.05) is 5.32 Å². The average molecular weight is 300 g/mol. The van der Waals surface area contributed by atoms with Gasteiger partial charge in [-0.25, -0.2) is 0 Å². The SMILES string of the molecule is Cc1cc(-c2nnco2)ccc1NCc1ccc(Cl)cc1. The highest BCUT2D eigenvalue weighted by molar-refractivity contribution is 6.30. The molecular formula is C16H14ClN3O. The zero-order valence-electron chi connectivity index (χ0n) is 11.5. The summed E-state index contributed by atoms with van der Waals surface area (Å²) in [5, 5.41) is 11.8. The molecule has 3 rings (SSSR count). The van der Waals surface area contributed by atoms with Crippen molar-refractivity contribution in [2.24, 2.45) is 0 Å². The van der Waals surface area contributed by atoms with E-state index >= 15 is 0 Å². The van der Waals surface area contributed by atoms with Crippen LogP contribution in [0.5, 0.6) is 0 Å². The van der Waals surface area contributed by atoms with Crippen LogP contribution in [0.4, 0.5) is 5.69 Å². The van der Waals surface area contributed by atoms with Gasteiger partial charge in [0.05, 0.1) is 0 Å². The molecule has 0 spiro atoms. The number of nitrogens with zero attached hydrogens (tertiary/aromatic N) is 2. The van der Waals surface area contributed by atoms with Gasteiger partial charge in [0.2, 0.25) is 12.3 Å². The minimum absolute atomic E-state index is 0.530. The molecule has 3 aromatic rings. The van der Waals surface area contributed by atoms with E-state index in [4.69, 9.17) is 16.0 Å². The van der Waals surface area contributed by atoms with E-state index in [2.05, 4.69) is 15.5 Å². The number of anilines is 1. The molecule has 0 unspecified atom stereocenters. The molecule has 2 aromatic carbocycles. The van der Waals surface area contributed by atoms with Crippen LogP contribution in [-0.4, -0.2) is 10.2 Å². The predicted molar refractivity (Wildman–Crippen MR) is 83.2 cm³/mol. The van der Waals surface area contributed by atoms with Crippen LogP contribution >= 0.6 is 11.6 Å². The smallest absolute Gasteiger partial charge is 0.247 e. The lowest BCUT2D eigenvalue weighted by Crippen LogP contribution is -2.01.